The zero-order valence-corrected chi connectivity index (χ0v) is 16.5. The van der Waals surface area contributed by atoms with Gasteiger partial charge < -0.3 is 19.4 Å². The summed E-state index contributed by atoms with van der Waals surface area (Å²) >= 11 is 0. The van der Waals surface area contributed by atoms with Crippen LogP contribution in [0.2, 0.25) is 0 Å². The average molecular weight is 370 g/mol. The number of carbonyl (C=O) groups excluding carboxylic acids is 1. The Balaban J connectivity index is 1.74. The summed E-state index contributed by atoms with van der Waals surface area (Å²) < 4.78 is 13.0. The van der Waals surface area contributed by atoms with E-state index in [1.54, 1.807) is 7.11 Å². The molecule has 1 aliphatic heterocycles. The van der Waals surface area contributed by atoms with Crippen LogP contribution in [0.15, 0.2) is 48.8 Å². The Bertz CT molecular complexity index is 717. The number of benzene rings is 1. The van der Waals surface area contributed by atoms with Crippen molar-refractivity contribution in [1.82, 2.24) is 9.88 Å². The van der Waals surface area contributed by atoms with Crippen LogP contribution in [0.1, 0.15) is 44.7 Å². The monoisotopic (exact) mass is 370 g/mol. The van der Waals surface area contributed by atoms with Gasteiger partial charge in [0.15, 0.2) is 0 Å². The van der Waals surface area contributed by atoms with E-state index < -0.39 is 0 Å². The highest BCUT2D eigenvalue weighted by Gasteiger charge is 2.36. The summed E-state index contributed by atoms with van der Waals surface area (Å²) in [6.45, 7) is 5.64. The number of nitrogens with one attached hydrogen (secondary N) is 1. The predicted molar refractivity (Wildman–Crippen MR) is 106 cm³/mol. The van der Waals surface area contributed by atoms with Crippen LogP contribution in [0.4, 0.5) is 0 Å². The van der Waals surface area contributed by atoms with Crippen LogP contribution in [0.5, 0.6) is 5.75 Å². The van der Waals surface area contributed by atoms with Gasteiger partial charge in [-0.3, -0.25) is 4.79 Å². The molecular weight excluding hydrogens is 340 g/mol. The second kappa shape index (κ2) is 8.61. The molecule has 146 valence electrons. The Morgan fingerprint density at radius 1 is 1.19 bits per heavy atom. The van der Waals surface area contributed by atoms with E-state index in [0.29, 0.717) is 25.6 Å². The smallest absolute Gasteiger partial charge is 0.222 e. The lowest BCUT2D eigenvalue weighted by Crippen LogP contribution is -2.44. The third kappa shape index (κ3) is 4.53. The predicted octanol–water partition coefficient (Wildman–Crippen LogP) is 3.91. The molecule has 0 bridgehead atoms. The molecule has 0 unspecified atom stereocenters. The number of hydrogen-bond acceptors (Lipinski definition) is 3. The highest BCUT2D eigenvalue weighted by Crippen LogP contribution is 2.33. The van der Waals surface area contributed by atoms with Crippen molar-refractivity contribution in [1.29, 1.82) is 0 Å². The SMILES string of the molecule is COc1ccc([C@H](NC(=O)CC2(n3cccc3)CCOCC2)C(C)C)cc1. The lowest BCUT2D eigenvalue weighted by Gasteiger charge is -2.39. The number of carbonyl (C=O) groups is 1. The van der Waals surface area contributed by atoms with Crippen LogP contribution in [0, 0.1) is 5.92 Å². The van der Waals surface area contributed by atoms with E-state index in [2.05, 4.69) is 36.1 Å². The second-order valence-corrected chi connectivity index (χ2v) is 7.67. The average Bonchev–Trinajstić information content (AvgIpc) is 3.22. The molecule has 2 heterocycles. The number of methoxy groups -OCH3 is 1. The van der Waals surface area contributed by atoms with Crippen LogP contribution in [0.25, 0.3) is 0 Å². The normalized spacial score (nSPS) is 17.5. The summed E-state index contributed by atoms with van der Waals surface area (Å²) in [5, 5.41) is 3.27. The van der Waals surface area contributed by atoms with Crippen LogP contribution in [0.3, 0.4) is 0 Å². The van der Waals surface area contributed by atoms with Crippen molar-refractivity contribution in [2.24, 2.45) is 5.92 Å². The van der Waals surface area contributed by atoms with Crippen molar-refractivity contribution in [3.63, 3.8) is 0 Å². The van der Waals surface area contributed by atoms with Gasteiger partial charge in [-0.05, 0) is 48.6 Å². The number of rotatable bonds is 7. The molecule has 1 N–H and O–H groups in total. The number of ether oxygens (including phenoxy) is 2. The molecule has 1 amide bonds. The summed E-state index contributed by atoms with van der Waals surface area (Å²) in [7, 11) is 1.66. The fourth-order valence-electron chi connectivity index (χ4n) is 3.90. The highest BCUT2D eigenvalue weighted by molar-refractivity contribution is 5.77. The van der Waals surface area contributed by atoms with Gasteiger partial charge in [0.2, 0.25) is 5.91 Å². The lowest BCUT2D eigenvalue weighted by atomic mass is 9.85. The van der Waals surface area contributed by atoms with E-state index in [1.165, 1.54) is 0 Å². The number of nitrogens with zero attached hydrogens (tertiary/aromatic N) is 1. The number of amides is 1. The molecule has 5 heteroatoms. The maximum Gasteiger partial charge on any atom is 0.222 e. The third-order valence-corrected chi connectivity index (χ3v) is 5.52. The topological polar surface area (TPSA) is 52.5 Å². The van der Waals surface area contributed by atoms with Gasteiger partial charge in [-0.15, -0.1) is 0 Å². The summed E-state index contributed by atoms with van der Waals surface area (Å²) in [6, 6.07) is 11.9. The molecule has 1 aromatic carbocycles. The Hall–Kier alpha value is -2.27. The van der Waals surface area contributed by atoms with Crippen molar-refractivity contribution >= 4 is 5.91 Å². The number of hydrogen-bond donors (Lipinski definition) is 1. The standard InChI is InChI=1S/C22H30N2O3/c1-17(2)21(18-6-8-19(26-3)9-7-18)23-20(25)16-22(10-14-27-15-11-22)24-12-4-5-13-24/h4-9,12-13,17,21H,10-11,14-16H2,1-3H3,(H,23,25)/t21-/m1/s1. The third-order valence-electron chi connectivity index (χ3n) is 5.52. The van der Waals surface area contributed by atoms with Gasteiger partial charge in [0.25, 0.3) is 0 Å². The maximum absolute atomic E-state index is 13.0. The Morgan fingerprint density at radius 3 is 2.37 bits per heavy atom. The highest BCUT2D eigenvalue weighted by atomic mass is 16.5. The first-order chi connectivity index (χ1) is 13.0. The zero-order chi connectivity index (χ0) is 19.3. The molecule has 27 heavy (non-hydrogen) atoms. The molecule has 0 radical (unpaired) electrons. The van der Waals surface area contributed by atoms with Crippen molar-refractivity contribution in [3.8, 4) is 5.75 Å². The summed E-state index contributed by atoms with van der Waals surface area (Å²) in [5.41, 5.74) is 0.897. The van der Waals surface area contributed by atoms with Crippen molar-refractivity contribution in [2.75, 3.05) is 20.3 Å². The molecule has 0 saturated carbocycles. The van der Waals surface area contributed by atoms with Gasteiger partial charge in [-0.1, -0.05) is 26.0 Å². The van der Waals surface area contributed by atoms with Gasteiger partial charge in [0, 0.05) is 25.6 Å². The maximum atomic E-state index is 13.0. The lowest BCUT2D eigenvalue weighted by molar-refractivity contribution is -0.125. The van der Waals surface area contributed by atoms with E-state index in [4.69, 9.17) is 9.47 Å². The minimum Gasteiger partial charge on any atom is -0.497 e. The summed E-state index contributed by atoms with van der Waals surface area (Å²) in [6.07, 6.45) is 6.28. The molecule has 1 fully saturated rings. The molecule has 3 rings (SSSR count). The van der Waals surface area contributed by atoms with Gasteiger partial charge in [0.1, 0.15) is 5.75 Å². The van der Waals surface area contributed by atoms with Gasteiger partial charge in [-0.25, -0.2) is 0 Å². The molecule has 1 saturated heterocycles. The largest absolute Gasteiger partial charge is 0.497 e. The van der Waals surface area contributed by atoms with E-state index >= 15 is 0 Å². The van der Waals surface area contributed by atoms with Crippen molar-refractivity contribution in [2.45, 2.75) is 44.7 Å². The molecule has 2 aromatic rings. The molecule has 0 aliphatic carbocycles. The second-order valence-electron chi connectivity index (χ2n) is 7.67. The zero-order valence-electron chi connectivity index (χ0n) is 16.5. The van der Waals surface area contributed by atoms with Gasteiger partial charge >= 0.3 is 0 Å². The summed E-state index contributed by atoms with van der Waals surface area (Å²) in [4.78, 5) is 13.0. The van der Waals surface area contributed by atoms with Crippen LogP contribution < -0.4 is 10.1 Å². The number of aromatic nitrogens is 1. The minimum absolute atomic E-state index is 0.0232. The quantitative estimate of drug-likeness (QED) is 0.804. The molecule has 1 aromatic heterocycles. The van der Waals surface area contributed by atoms with Gasteiger partial charge in [0.05, 0.1) is 25.1 Å². The molecular formula is C22H30N2O3. The Labute approximate surface area is 161 Å². The fraction of sp³-hybridized carbons (Fsp3) is 0.500. The fourth-order valence-corrected chi connectivity index (χ4v) is 3.90. The van der Waals surface area contributed by atoms with E-state index in [-0.39, 0.29) is 17.5 Å². The molecule has 1 aliphatic rings. The van der Waals surface area contributed by atoms with Gasteiger partial charge in [-0.2, -0.15) is 0 Å². The van der Waals surface area contributed by atoms with E-state index in [0.717, 1.165) is 24.2 Å². The minimum atomic E-state index is -0.201. The van der Waals surface area contributed by atoms with E-state index in [9.17, 15) is 4.79 Å². The first-order valence-corrected chi connectivity index (χ1v) is 9.68. The first kappa shape index (κ1) is 19.5. The molecule has 5 nitrogen and oxygen atoms in total. The van der Waals surface area contributed by atoms with Crippen LogP contribution in [-0.4, -0.2) is 30.8 Å². The Morgan fingerprint density at radius 2 is 1.81 bits per heavy atom. The first-order valence-electron chi connectivity index (χ1n) is 9.68. The molecule has 1 atom stereocenters. The van der Waals surface area contributed by atoms with Crippen molar-refractivity contribution in [3.05, 3.63) is 54.4 Å². The summed E-state index contributed by atoms with van der Waals surface area (Å²) in [5.74, 6) is 1.20. The molecule has 0 spiro atoms. The van der Waals surface area contributed by atoms with E-state index in [1.807, 2.05) is 36.4 Å². The van der Waals surface area contributed by atoms with Crippen LogP contribution in [-0.2, 0) is 15.1 Å². The van der Waals surface area contributed by atoms with Crippen LogP contribution >= 0.6 is 0 Å². The Kier molecular flexibility index (Phi) is 6.22. The van der Waals surface area contributed by atoms with Crippen molar-refractivity contribution < 1.29 is 14.3 Å².